The number of hydrogen-bond acceptors (Lipinski definition) is 2. The lowest BCUT2D eigenvalue weighted by atomic mass is 9.90. The zero-order chi connectivity index (χ0) is 15.0. The molecule has 0 aliphatic rings. The number of benzene rings is 2. The molecule has 2 heteroatoms. The van der Waals surface area contributed by atoms with Crippen molar-refractivity contribution in [2.24, 2.45) is 0 Å². The van der Waals surface area contributed by atoms with Gasteiger partial charge in [0.25, 0.3) is 0 Å². The van der Waals surface area contributed by atoms with Gasteiger partial charge in [-0.3, -0.25) is 4.98 Å². The summed E-state index contributed by atoms with van der Waals surface area (Å²) in [4.78, 5) is 4.26. The molecule has 1 unspecified atom stereocenters. The summed E-state index contributed by atoms with van der Waals surface area (Å²) < 4.78 is 5.86. The maximum absolute atomic E-state index is 5.86. The Morgan fingerprint density at radius 2 is 1.45 bits per heavy atom. The molecule has 110 valence electrons. The fourth-order valence-electron chi connectivity index (χ4n) is 2.60. The molecular weight excluding hydrogens is 270 g/mol. The lowest BCUT2D eigenvalue weighted by molar-refractivity contribution is 0.304. The minimum Gasteiger partial charge on any atom is -0.494 e. The highest BCUT2D eigenvalue weighted by molar-refractivity contribution is 5.30. The fraction of sp³-hybridized carbons (Fsp3) is 0.150. The maximum Gasteiger partial charge on any atom is 0.119 e. The Kier molecular flexibility index (Phi) is 4.83. The van der Waals surface area contributed by atoms with E-state index in [1.165, 1.54) is 11.1 Å². The van der Waals surface area contributed by atoms with Gasteiger partial charge in [-0.25, -0.2) is 0 Å². The molecule has 0 saturated heterocycles. The average Bonchev–Trinajstić information content (AvgIpc) is 2.61. The molecule has 0 aliphatic carbocycles. The van der Waals surface area contributed by atoms with E-state index >= 15 is 0 Å². The first-order valence-electron chi connectivity index (χ1n) is 7.56. The largest absolute Gasteiger partial charge is 0.494 e. The van der Waals surface area contributed by atoms with Gasteiger partial charge < -0.3 is 4.74 Å². The van der Waals surface area contributed by atoms with Crippen LogP contribution in [0.15, 0.2) is 85.2 Å². The molecule has 3 rings (SSSR count). The highest BCUT2D eigenvalue weighted by Gasteiger charge is 2.14. The lowest BCUT2D eigenvalue weighted by Gasteiger charge is -2.18. The van der Waals surface area contributed by atoms with E-state index in [-0.39, 0.29) is 0 Å². The molecule has 22 heavy (non-hydrogen) atoms. The first-order valence-corrected chi connectivity index (χ1v) is 7.56. The Morgan fingerprint density at radius 1 is 0.773 bits per heavy atom. The second kappa shape index (κ2) is 7.41. The number of hydrogen-bond donors (Lipinski definition) is 0. The van der Waals surface area contributed by atoms with E-state index in [0.717, 1.165) is 12.2 Å². The van der Waals surface area contributed by atoms with Crippen LogP contribution in [0.1, 0.15) is 23.5 Å². The number of nitrogens with zero attached hydrogens (tertiary/aromatic N) is 1. The van der Waals surface area contributed by atoms with Gasteiger partial charge in [0.05, 0.1) is 6.61 Å². The second-order valence-electron chi connectivity index (χ2n) is 5.20. The van der Waals surface area contributed by atoms with Crippen molar-refractivity contribution in [3.05, 3.63) is 96.3 Å². The van der Waals surface area contributed by atoms with Gasteiger partial charge in [-0.15, -0.1) is 0 Å². The molecule has 0 fully saturated rings. The Hall–Kier alpha value is -2.61. The van der Waals surface area contributed by atoms with Crippen molar-refractivity contribution in [2.45, 2.75) is 12.3 Å². The van der Waals surface area contributed by atoms with Crippen LogP contribution in [0, 0.1) is 0 Å². The van der Waals surface area contributed by atoms with Crippen molar-refractivity contribution >= 4 is 0 Å². The summed E-state index contributed by atoms with van der Waals surface area (Å²) >= 11 is 0. The van der Waals surface area contributed by atoms with Gasteiger partial charge in [0, 0.05) is 18.3 Å². The quantitative estimate of drug-likeness (QED) is 0.657. The van der Waals surface area contributed by atoms with E-state index in [1.807, 2.05) is 54.9 Å². The molecule has 0 spiro atoms. The van der Waals surface area contributed by atoms with Crippen molar-refractivity contribution in [3.8, 4) is 5.75 Å². The van der Waals surface area contributed by atoms with E-state index in [4.69, 9.17) is 4.74 Å². The third-order valence-corrected chi connectivity index (χ3v) is 3.71. The van der Waals surface area contributed by atoms with Crippen molar-refractivity contribution < 1.29 is 4.74 Å². The molecule has 0 aliphatic heterocycles. The van der Waals surface area contributed by atoms with E-state index in [1.54, 1.807) is 0 Å². The fourth-order valence-corrected chi connectivity index (χ4v) is 2.60. The summed E-state index contributed by atoms with van der Waals surface area (Å²) in [6.45, 7) is 0.679. The van der Waals surface area contributed by atoms with Gasteiger partial charge in [-0.1, -0.05) is 54.6 Å². The van der Waals surface area contributed by atoms with E-state index in [2.05, 4.69) is 35.3 Å². The summed E-state index contributed by atoms with van der Waals surface area (Å²) in [7, 11) is 0. The molecule has 0 radical (unpaired) electrons. The number of pyridine rings is 1. The molecule has 2 aromatic carbocycles. The van der Waals surface area contributed by atoms with Gasteiger partial charge in [0.1, 0.15) is 5.75 Å². The first kappa shape index (κ1) is 14.3. The van der Waals surface area contributed by atoms with Crippen molar-refractivity contribution in [1.82, 2.24) is 4.98 Å². The number of aromatic nitrogens is 1. The zero-order valence-corrected chi connectivity index (χ0v) is 12.4. The SMILES string of the molecule is c1ccc(OCCC(c2ccccc2)c2cccnc2)cc1. The van der Waals surface area contributed by atoms with Crippen LogP contribution in [0.2, 0.25) is 0 Å². The highest BCUT2D eigenvalue weighted by atomic mass is 16.5. The van der Waals surface area contributed by atoms with Crippen LogP contribution in [-0.4, -0.2) is 11.6 Å². The lowest BCUT2D eigenvalue weighted by Crippen LogP contribution is -2.07. The van der Waals surface area contributed by atoms with Gasteiger partial charge in [0.15, 0.2) is 0 Å². The van der Waals surface area contributed by atoms with E-state index in [9.17, 15) is 0 Å². The van der Waals surface area contributed by atoms with Gasteiger partial charge in [-0.2, -0.15) is 0 Å². The Labute approximate surface area is 131 Å². The molecule has 2 nitrogen and oxygen atoms in total. The molecule has 1 heterocycles. The summed E-state index contributed by atoms with van der Waals surface area (Å²) in [6.07, 6.45) is 4.68. The first-order chi connectivity index (χ1) is 10.9. The molecule has 0 N–H and O–H groups in total. The minimum absolute atomic E-state index is 0.304. The third-order valence-electron chi connectivity index (χ3n) is 3.71. The van der Waals surface area contributed by atoms with Crippen LogP contribution in [-0.2, 0) is 0 Å². The number of para-hydroxylation sites is 1. The van der Waals surface area contributed by atoms with Crippen LogP contribution in [0.3, 0.4) is 0 Å². The summed E-state index contributed by atoms with van der Waals surface area (Å²) in [5.41, 5.74) is 2.53. The van der Waals surface area contributed by atoms with Gasteiger partial charge in [-0.05, 0) is 35.7 Å². The Morgan fingerprint density at radius 3 is 2.14 bits per heavy atom. The normalized spacial score (nSPS) is 11.8. The number of rotatable bonds is 6. The molecule has 1 aromatic heterocycles. The number of ether oxygens (including phenoxy) is 1. The van der Waals surface area contributed by atoms with Crippen LogP contribution in [0.5, 0.6) is 5.75 Å². The molecule has 3 aromatic rings. The van der Waals surface area contributed by atoms with Crippen LogP contribution in [0.25, 0.3) is 0 Å². The van der Waals surface area contributed by atoms with Crippen LogP contribution >= 0.6 is 0 Å². The smallest absolute Gasteiger partial charge is 0.119 e. The predicted octanol–water partition coefficient (Wildman–Crippen LogP) is 4.68. The van der Waals surface area contributed by atoms with Gasteiger partial charge >= 0.3 is 0 Å². The van der Waals surface area contributed by atoms with E-state index in [0.29, 0.717) is 12.5 Å². The Balaban J connectivity index is 1.72. The molecule has 0 bridgehead atoms. The van der Waals surface area contributed by atoms with Crippen molar-refractivity contribution in [2.75, 3.05) is 6.61 Å². The average molecular weight is 289 g/mol. The molecule has 0 amide bonds. The van der Waals surface area contributed by atoms with Crippen molar-refractivity contribution in [3.63, 3.8) is 0 Å². The zero-order valence-electron chi connectivity index (χ0n) is 12.4. The standard InChI is InChI=1S/C20H19NO/c1-3-8-17(9-4-1)20(18-10-7-14-21-16-18)13-15-22-19-11-5-2-6-12-19/h1-12,14,16,20H,13,15H2. The third kappa shape index (κ3) is 3.73. The van der Waals surface area contributed by atoms with Crippen LogP contribution < -0.4 is 4.74 Å². The monoisotopic (exact) mass is 289 g/mol. The second-order valence-corrected chi connectivity index (χ2v) is 5.20. The van der Waals surface area contributed by atoms with Crippen molar-refractivity contribution in [1.29, 1.82) is 0 Å². The highest BCUT2D eigenvalue weighted by Crippen LogP contribution is 2.27. The summed E-state index contributed by atoms with van der Waals surface area (Å²) in [5.74, 6) is 1.22. The predicted molar refractivity (Wildman–Crippen MR) is 89.1 cm³/mol. The van der Waals surface area contributed by atoms with Crippen LogP contribution in [0.4, 0.5) is 0 Å². The molecular formula is C20H19NO. The molecule has 1 atom stereocenters. The minimum atomic E-state index is 0.304. The van der Waals surface area contributed by atoms with E-state index < -0.39 is 0 Å². The maximum atomic E-state index is 5.86. The van der Waals surface area contributed by atoms with Gasteiger partial charge in [0.2, 0.25) is 0 Å². The summed E-state index contributed by atoms with van der Waals surface area (Å²) in [5, 5.41) is 0. The molecule has 0 saturated carbocycles. The Bertz CT molecular complexity index is 628. The topological polar surface area (TPSA) is 22.1 Å². The summed E-state index contributed by atoms with van der Waals surface area (Å²) in [6, 6.07) is 24.6.